The molecular formula is C19H20F2N6O. The number of alkyl halides is 1. The van der Waals surface area contributed by atoms with Crippen molar-refractivity contribution in [2.45, 2.75) is 31.4 Å². The molecule has 0 radical (unpaired) electrons. The number of nitrogens with zero attached hydrogens (tertiary/aromatic N) is 5. The summed E-state index contributed by atoms with van der Waals surface area (Å²) in [6.45, 7) is 2.66. The number of anilines is 1. The summed E-state index contributed by atoms with van der Waals surface area (Å²) in [5.41, 5.74) is 1.06. The summed E-state index contributed by atoms with van der Waals surface area (Å²) in [5.74, 6) is 0.918. The van der Waals surface area contributed by atoms with Crippen LogP contribution in [0.4, 0.5) is 14.6 Å². The van der Waals surface area contributed by atoms with Crippen molar-refractivity contribution in [2.75, 3.05) is 31.1 Å². The van der Waals surface area contributed by atoms with Gasteiger partial charge in [0.2, 0.25) is 11.7 Å². The summed E-state index contributed by atoms with van der Waals surface area (Å²) < 4.78 is 33.7. The summed E-state index contributed by atoms with van der Waals surface area (Å²) in [5, 5.41) is 7.32. The Morgan fingerprint density at radius 3 is 2.79 bits per heavy atom. The fourth-order valence-corrected chi connectivity index (χ4v) is 3.92. The molecule has 2 aliphatic rings. The van der Waals surface area contributed by atoms with Crippen LogP contribution < -0.4 is 10.2 Å². The normalized spacial score (nSPS) is 20.9. The minimum atomic E-state index is -0.868. The second-order valence-electron chi connectivity index (χ2n) is 7.33. The number of piperidine rings is 1. The molecule has 146 valence electrons. The van der Waals surface area contributed by atoms with Crippen molar-refractivity contribution in [3.63, 3.8) is 0 Å². The smallest absolute Gasteiger partial charge is 0.230 e. The first kappa shape index (κ1) is 17.4. The molecule has 2 saturated heterocycles. The van der Waals surface area contributed by atoms with Crippen LogP contribution in [0.25, 0.3) is 22.4 Å². The van der Waals surface area contributed by atoms with Gasteiger partial charge in [0.15, 0.2) is 5.82 Å². The maximum Gasteiger partial charge on any atom is 0.230 e. The third-order valence-corrected chi connectivity index (χ3v) is 5.46. The number of rotatable bonds is 3. The average molecular weight is 386 g/mol. The fraction of sp³-hybridized carbons (Fsp3) is 0.474. The van der Waals surface area contributed by atoms with E-state index in [1.165, 1.54) is 0 Å². The molecule has 7 nitrogen and oxygen atoms in total. The molecule has 0 saturated carbocycles. The van der Waals surface area contributed by atoms with Crippen molar-refractivity contribution in [3.05, 3.63) is 30.0 Å². The largest absolute Gasteiger partial charge is 0.354 e. The van der Waals surface area contributed by atoms with Gasteiger partial charge < -0.3 is 14.7 Å². The molecule has 9 heteroatoms. The number of pyridine rings is 2. The Morgan fingerprint density at radius 2 is 2.00 bits per heavy atom. The van der Waals surface area contributed by atoms with Crippen molar-refractivity contribution >= 4 is 16.9 Å². The van der Waals surface area contributed by atoms with E-state index >= 15 is 0 Å². The first-order valence-corrected chi connectivity index (χ1v) is 9.58. The molecule has 3 aromatic heterocycles. The van der Waals surface area contributed by atoms with Crippen molar-refractivity contribution in [3.8, 4) is 11.4 Å². The maximum absolute atomic E-state index is 14.7. The van der Waals surface area contributed by atoms with Crippen LogP contribution in [0.2, 0.25) is 0 Å². The molecule has 5 heterocycles. The van der Waals surface area contributed by atoms with Gasteiger partial charge in [-0.05, 0) is 44.5 Å². The number of halogens is 2. The Kier molecular flexibility index (Phi) is 4.38. The van der Waals surface area contributed by atoms with E-state index in [9.17, 15) is 8.78 Å². The first-order valence-electron chi connectivity index (χ1n) is 9.58. The maximum atomic E-state index is 14.7. The Morgan fingerprint density at radius 1 is 1.14 bits per heavy atom. The molecule has 3 aromatic rings. The summed E-state index contributed by atoms with van der Waals surface area (Å²) in [6, 6.07) is 3.55. The second kappa shape index (κ2) is 7.05. The van der Waals surface area contributed by atoms with Gasteiger partial charge in [0.25, 0.3) is 0 Å². The van der Waals surface area contributed by atoms with Crippen molar-refractivity contribution < 1.29 is 13.3 Å². The average Bonchev–Trinajstić information content (AvgIpc) is 3.37. The van der Waals surface area contributed by atoms with Crippen molar-refractivity contribution in [2.24, 2.45) is 0 Å². The summed E-state index contributed by atoms with van der Waals surface area (Å²) in [4.78, 5) is 15.0. The SMILES string of the molecule is Fc1cnc2ccc(N3CCC(F)C3)nc2c1-c1noc(C2CCNCC2)n1. The lowest BCUT2D eigenvalue weighted by Gasteiger charge is -2.18. The van der Waals surface area contributed by atoms with Crippen LogP contribution >= 0.6 is 0 Å². The van der Waals surface area contributed by atoms with E-state index in [1.807, 2.05) is 4.90 Å². The molecule has 1 unspecified atom stereocenters. The molecule has 0 bridgehead atoms. The van der Waals surface area contributed by atoms with Crippen LogP contribution in [0, 0.1) is 5.82 Å². The quantitative estimate of drug-likeness (QED) is 0.741. The number of hydrogen-bond acceptors (Lipinski definition) is 7. The van der Waals surface area contributed by atoms with Crippen LogP contribution in [0.15, 0.2) is 22.9 Å². The van der Waals surface area contributed by atoms with Gasteiger partial charge >= 0.3 is 0 Å². The van der Waals surface area contributed by atoms with E-state index in [0.717, 1.165) is 32.1 Å². The molecule has 2 fully saturated rings. The van der Waals surface area contributed by atoms with Crippen molar-refractivity contribution in [1.82, 2.24) is 25.4 Å². The van der Waals surface area contributed by atoms with Gasteiger partial charge in [-0.15, -0.1) is 0 Å². The van der Waals surface area contributed by atoms with Gasteiger partial charge in [-0.2, -0.15) is 4.98 Å². The van der Waals surface area contributed by atoms with Crippen LogP contribution in [-0.2, 0) is 0 Å². The van der Waals surface area contributed by atoms with Gasteiger partial charge in [-0.25, -0.2) is 13.8 Å². The summed E-state index contributed by atoms with van der Waals surface area (Å²) in [6.07, 6.45) is 2.56. The van der Waals surface area contributed by atoms with E-state index < -0.39 is 12.0 Å². The Bertz CT molecular complexity index is 1000. The zero-order chi connectivity index (χ0) is 19.1. The van der Waals surface area contributed by atoms with E-state index in [-0.39, 0.29) is 17.3 Å². The molecular weight excluding hydrogens is 366 g/mol. The third kappa shape index (κ3) is 3.09. The van der Waals surface area contributed by atoms with Crippen LogP contribution in [0.1, 0.15) is 31.1 Å². The minimum absolute atomic E-state index is 0.173. The lowest BCUT2D eigenvalue weighted by molar-refractivity contribution is 0.320. The Hall–Kier alpha value is -2.68. The predicted molar refractivity (Wildman–Crippen MR) is 99.4 cm³/mol. The highest BCUT2D eigenvalue weighted by Gasteiger charge is 2.26. The van der Waals surface area contributed by atoms with Gasteiger partial charge in [0, 0.05) is 12.5 Å². The van der Waals surface area contributed by atoms with Gasteiger partial charge in [0.05, 0.1) is 23.8 Å². The van der Waals surface area contributed by atoms with Gasteiger partial charge in [-0.1, -0.05) is 5.16 Å². The number of nitrogens with one attached hydrogen (secondary N) is 1. The highest BCUT2D eigenvalue weighted by atomic mass is 19.1. The minimum Gasteiger partial charge on any atom is -0.354 e. The monoisotopic (exact) mass is 386 g/mol. The molecule has 2 aliphatic heterocycles. The van der Waals surface area contributed by atoms with Crippen LogP contribution in [0.5, 0.6) is 0 Å². The number of aromatic nitrogens is 4. The predicted octanol–water partition coefficient (Wildman–Crippen LogP) is 2.83. The van der Waals surface area contributed by atoms with Crippen LogP contribution in [-0.4, -0.2) is 52.5 Å². The van der Waals surface area contributed by atoms with Crippen LogP contribution in [0.3, 0.4) is 0 Å². The highest BCUT2D eigenvalue weighted by molar-refractivity contribution is 5.90. The second-order valence-corrected chi connectivity index (χ2v) is 7.33. The van der Waals surface area contributed by atoms with Gasteiger partial charge in [0.1, 0.15) is 17.5 Å². The standard InChI is InChI=1S/C19H20F2N6O/c20-12-5-8-27(10-12)15-2-1-14-17(24-15)16(13(21)9-23-14)18-25-19(28-26-18)11-3-6-22-7-4-11/h1-2,9,11-12,22H,3-8,10H2. The Balaban J connectivity index is 1.56. The van der Waals surface area contributed by atoms with E-state index in [1.54, 1.807) is 12.1 Å². The zero-order valence-electron chi connectivity index (χ0n) is 15.2. The third-order valence-electron chi connectivity index (χ3n) is 5.46. The summed E-state index contributed by atoms with van der Waals surface area (Å²) >= 11 is 0. The molecule has 5 rings (SSSR count). The molecule has 1 N–H and O–H groups in total. The topological polar surface area (TPSA) is 80.0 Å². The molecule has 0 aromatic carbocycles. The lowest BCUT2D eigenvalue weighted by atomic mass is 9.98. The van der Waals surface area contributed by atoms with Gasteiger partial charge in [-0.3, -0.25) is 4.98 Å². The molecule has 0 aliphatic carbocycles. The summed E-state index contributed by atoms with van der Waals surface area (Å²) in [7, 11) is 0. The van der Waals surface area contributed by atoms with E-state index in [4.69, 9.17) is 4.52 Å². The molecule has 28 heavy (non-hydrogen) atoms. The van der Waals surface area contributed by atoms with Crippen molar-refractivity contribution in [1.29, 1.82) is 0 Å². The Labute approximate surface area is 160 Å². The zero-order valence-corrected chi connectivity index (χ0v) is 15.2. The lowest BCUT2D eigenvalue weighted by Crippen LogP contribution is -2.26. The van der Waals surface area contributed by atoms with E-state index in [2.05, 4.69) is 25.4 Å². The molecule has 1 atom stereocenters. The fourth-order valence-electron chi connectivity index (χ4n) is 3.92. The molecule has 0 amide bonds. The highest BCUT2D eigenvalue weighted by Crippen LogP contribution is 2.32. The molecule has 0 spiro atoms. The number of hydrogen-bond donors (Lipinski definition) is 1. The first-order chi connectivity index (χ1) is 13.7. The van der Waals surface area contributed by atoms with E-state index in [0.29, 0.717) is 42.3 Å². The number of fused-ring (bicyclic) bond motifs is 1.